The molecular formula is C26H38N4O. The fourth-order valence-electron chi connectivity index (χ4n) is 3.17. The molecule has 0 unspecified atom stereocenters. The minimum Gasteiger partial charge on any atom is -0.329 e. The molecule has 4 rings (SSSR count). The molecule has 0 atom stereocenters. The highest BCUT2D eigenvalue weighted by Gasteiger charge is 2.29. The molecule has 0 aliphatic carbocycles. The minimum absolute atomic E-state index is 0.0543. The van der Waals surface area contributed by atoms with Crippen LogP contribution in [-0.2, 0) is 13.1 Å². The van der Waals surface area contributed by atoms with Crippen molar-refractivity contribution in [1.82, 2.24) is 14.5 Å². The number of carbonyl (C=O) groups is 1. The summed E-state index contributed by atoms with van der Waals surface area (Å²) in [5, 5.41) is 0. The second kappa shape index (κ2) is 14.8. The number of benzene rings is 2. The smallest absolute Gasteiger partial charge is 0.324 e. The van der Waals surface area contributed by atoms with Gasteiger partial charge in [0.25, 0.3) is 0 Å². The predicted octanol–water partition coefficient (Wildman–Crippen LogP) is 6.45. The average Bonchev–Trinajstić information content (AvgIpc) is 3.45. The van der Waals surface area contributed by atoms with Gasteiger partial charge in [0.15, 0.2) is 0 Å². The lowest BCUT2D eigenvalue weighted by Gasteiger charge is -2.19. The largest absolute Gasteiger partial charge is 0.329 e. The molecular weight excluding hydrogens is 384 g/mol. The number of amides is 2. The molecule has 3 aromatic rings. The Hall–Kier alpha value is -3.08. The molecule has 168 valence electrons. The fourth-order valence-corrected chi connectivity index (χ4v) is 3.17. The maximum Gasteiger partial charge on any atom is 0.324 e. The minimum atomic E-state index is 0.0543. The third-order valence-electron chi connectivity index (χ3n) is 4.51. The Morgan fingerprint density at radius 2 is 1.35 bits per heavy atom. The van der Waals surface area contributed by atoms with Crippen LogP contribution >= 0.6 is 0 Å². The van der Waals surface area contributed by atoms with Gasteiger partial charge in [0.05, 0.1) is 18.6 Å². The highest BCUT2D eigenvalue weighted by molar-refractivity contribution is 5.94. The van der Waals surface area contributed by atoms with Crippen LogP contribution in [0, 0.1) is 0 Å². The first-order valence-electron chi connectivity index (χ1n) is 11.5. The van der Waals surface area contributed by atoms with Crippen LogP contribution in [0.5, 0.6) is 0 Å². The second-order valence-electron chi connectivity index (χ2n) is 6.19. The zero-order chi connectivity index (χ0) is 23.1. The molecule has 0 bridgehead atoms. The molecule has 0 radical (unpaired) electrons. The molecule has 2 heterocycles. The van der Waals surface area contributed by atoms with Crippen LogP contribution in [0.25, 0.3) is 0 Å². The van der Waals surface area contributed by atoms with Gasteiger partial charge in [0.2, 0.25) is 0 Å². The number of rotatable bonds is 5. The van der Waals surface area contributed by atoms with Crippen molar-refractivity contribution in [1.29, 1.82) is 0 Å². The summed E-state index contributed by atoms with van der Waals surface area (Å²) >= 11 is 0. The summed E-state index contributed by atoms with van der Waals surface area (Å²) < 4.78 is 2.10. The van der Waals surface area contributed by atoms with Gasteiger partial charge in [-0.05, 0) is 17.7 Å². The van der Waals surface area contributed by atoms with Crippen LogP contribution in [0.3, 0.4) is 0 Å². The van der Waals surface area contributed by atoms with Gasteiger partial charge in [-0.3, -0.25) is 4.90 Å². The first-order chi connectivity index (χ1) is 15.3. The number of carbonyl (C=O) groups excluding carboxylic acids is 1. The van der Waals surface area contributed by atoms with E-state index >= 15 is 0 Å². The van der Waals surface area contributed by atoms with Crippen LogP contribution < -0.4 is 4.90 Å². The van der Waals surface area contributed by atoms with E-state index in [2.05, 4.69) is 21.7 Å². The van der Waals surface area contributed by atoms with Crippen LogP contribution in [0.4, 0.5) is 10.5 Å². The van der Waals surface area contributed by atoms with Crippen molar-refractivity contribution in [2.45, 2.75) is 54.6 Å². The quantitative estimate of drug-likeness (QED) is 0.474. The Balaban J connectivity index is 0.000000739. The number of imidazole rings is 1. The number of urea groups is 1. The van der Waals surface area contributed by atoms with E-state index in [1.807, 2.05) is 112 Å². The van der Waals surface area contributed by atoms with E-state index < -0.39 is 0 Å². The molecule has 0 saturated carbocycles. The molecule has 0 N–H and O–H groups in total. The number of aromatic nitrogens is 2. The summed E-state index contributed by atoms with van der Waals surface area (Å²) in [6, 6.07) is 20.2. The van der Waals surface area contributed by atoms with Gasteiger partial charge in [-0.2, -0.15) is 0 Å². The number of nitrogens with zero attached hydrogens (tertiary/aromatic N) is 4. The third-order valence-corrected chi connectivity index (χ3v) is 4.51. The summed E-state index contributed by atoms with van der Waals surface area (Å²) in [6.45, 7) is 14.8. The van der Waals surface area contributed by atoms with Crippen LogP contribution in [0.1, 0.15) is 52.8 Å². The monoisotopic (exact) mass is 422 g/mol. The van der Waals surface area contributed by atoms with Crippen molar-refractivity contribution in [3.05, 3.63) is 84.4 Å². The lowest BCUT2D eigenvalue weighted by Crippen LogP contribution is -2.32. The Morgan fingerprint density at radius 1 is 0.774 bits per heavy atom. The third kappa shape index (κ3) is 7.28. The zero-order valence-electron chi connectivity index (χ0n) is 20.0. The number of para-hydroxylation sites is 1. The molecule has 1 aromatic heterocycles. The molecule has 1 saturated heterocycles. The first kappa shape index (κ1) is 26.0. The van der Waals surface area contributed by atoms with Crippen LogP contribution in [0.15, 0.2) is 73.2 Å². The van der Waals surface area contributed by atoms with Gasteiger partial charge in [-0.1, -0.05) is 90.1 Å². The number of hydrogen-bond acceptors (Lipinski definition) is 2. The fraction of sp³-hybridized carbons (Fsp3) is 0.385. The van der Waals surface area contributed by atoms with Crippen molar-refractivity contribution in [3.8, 4) is 0 Å². The molecule has 1 aliphatic heterocycles. The molecule has 1 fully saturated rings. The highest BCUT2D eigenvalue weighted by atomic mass is 16.2. The van der Waals surface area contributed by atoms with E-state index in [0.29, 0.717) is 6.54 Å². The van der Waals surface area contributed by atoms with Gasteiger partial charge < -0.3 is 9.47 Å². The first-order valence-corrected chi connectivity index (χ1v) is 11.5. The van der Waals surface area contributed by atoms with E-state index in [1.165, 1.54) is 5.56 Å². The van der Waals surface area contributed by atoms with Gasteiger partial charge in [0.1, 0.15) is 0 Å². The molecule has 31 heavy (non-hydrogen) atoms. The number of hydrogen-bond donors (Lipinski definition) is 0. The zero-order valence-corrected chi connectivity index (χ0v) is 20.0. The van der Waals surface area contributed by atoms with E-state index in [9.17, 15) is 4.79 Å². The topological polar surface area (TPSA) is 41.4 Å². The van der Waals surface area contributed by atoms with Crippen molar-refractivity contribution in [2.75, 3.05) is 18.0 Å². The van der Waals surface area contributed by atoms with Crippen molar-refractivity contribution < 1.29 is 4.79 Å². The Labute approximate surface area is 188 Å². The summed E-state index contributed by atoms with van der Waals surface area (Å²) in [5.74, 6) is 0. The Morgan fingerprint density at radius 3 is 1.97 bits per heavy atom. The summed E-state index contributed by atoms with van der Waals surface area (Å²) in [5.41, 5.74) is 3.22. The van der Waals surface area contributed by atoms with Crippen molar-refractivity contribution in [2.24, 2.45) is 0 Å². The maximum atomic E-state index is 12.7. The van der Waals surface area contributed by atoms with Gasteiger partial charge in [-0.25, -0.2) is 9.78 Å². The average molecular weight is 423 g/mol. The molecule has 2 amide bonds. The van der Waals surface area contributed by atoms with E-state index in [1.54, 1.807) is 0 Å². The highest BCUT2D eigenvalue weighted by Crippen LogP contribution is 2.21. The van der Waals surface area contributed by atoms with E-state index in [-0.39, 0.29) is 6.03 Å². The van der Waals surface area contributed by atoms with Crippen LogP contribution in [-0.4, -0.2) is 33.6 Å². The standard InChI is InChI=1S/C20H20N4O.3C2H6/c25-20-22(11-12-24(20)18-9-5-2-6-10-18)15-19-13-21-16-23(19)14-17-7-3-1-4-8-17;3*1-2/h1-10,13,16H,11-12,14-15H2;3*1-2H3. The lowest BCUT2D eigenvalue weighted by molar-refractivity contribution is 0.217. The molecule has 1 aliphatic rings. The van der Waals surface area contributed by atoms with Gasteiger partial charge in [-0.15, -0.1) is 0 Å². The van der Waals surface area contributed by atoms with E-state index in [0.717, 1.165) is 31.0 Å². The SMILES string of the molecule is CC.CC.CC.O=C1N(Cc2cncn2Cc2ccccc2)CCN1c1ccccc1. The van der Waals surface area contributed by atoms with Crippen molar-refractivity contribution >= 4 is 11.7 Å². The maximum absolute atomic E-state index is 12.7. The van der Waals surface area contributed by atoms with E-state index in [4.69, 9.17) is 0 Å². The summed E-state index contributed by atoms with van der Waals surface area (Å²) in [7, 11) is 0. The van der Waals surface area contributed by atoms with Crippen LogP contribution in [0.2, 0.25) is 0 Å². The van der Waals surface area contributed by atoms with Crippen molar-refractivity contribution in [3.63, 3.8) is 0 Å². The molecule has 5 heteroatoms. The van der Waals surface area contributed by atoms with Gasteiger partial charge in [0, 0.05) is 31.5 Å². The summed E-state index contributed by atoms with van der Waals surface area (Å²) in [6.07, 6.45) is 3.68. The molecule has 5 nitrogen and oxygen atoms in total. The normalized spacial score (nSPS) is 12.1. The Bertz CT molecular complexity index is 846. The lowest BCUT2D eigenvalue weighted by atomic mass is 10.2. The second-order valence-corrected chi connectivity index (χ2v) is 6.19. The molecule has 2 aromatic carbocycles. The predicted molar refractivity (Wildman–Crippen MR) is 131 cm³/mol. The molecule has 0 spiro atoms. The van der Waals surface area contributed by atoms with Gasteiger partial charge >= 0.3 is 6.03 Å². The Kier molecular flexibility index (Phi) is 12.4. The summed E-state index contributed by atoms with van der Waals surface area (Å²) in [4.78, 5) is 20.7. The number of anilines is 1.